The van der Waals surface area contributed by atoms with E-state index in [2.05, 4.69) is 16.7 Å². The summed E-state index contributed by atoms with van der Waals surface area (Å²) in [4.78, 5) is 5.23. The van der Waals surface area contributed by atoms with Crippen LogP contribution in [0, 0.1) is 0 Å². The Morgan fingerprint density at radius 2 is 1.44 bits per heavy atom. The molecule has 2 aliphatic heterocycles. The standard InChI is InChI=1S/C17H34N2O2.3C2H6/c1-3-9-18-11-7-17(8-12-18)16-19(13-15-21-17)10-5-4-6-14-20-2;3*1-2/h3-16H2,1-2H3;3*1-2H3. The van der Waals surface area contributed by atoms with Gasteiger partial charge in [0.15, 0.2) is 0 Å². The van der Waals surface area contributed by atoms with Crippen LogP contribution >= 0.6 is 0 Å². The van der Waals surface area contributed by atoms with Crippen molar-refractivity contribution in [1.82, 2.24) is 9.80 Å². The summed E-state index contributed by atoms with van der Waals surface area (Å²) < 4.78 is 11.3. The number of hydrogen-bond acceptors (Lipinski definition) is 4. The van der Waals surface area contributed by atoms with Crippen LogP contribution in [0.3, 0.4) is 0 Å². The Bertz CT molecular complexity index is 280. The van der Waals surface area contributed by atoms with Crippen molar-refractivity contribution in [3.8, 4) is 0 Å². The molecule has 4 nitrogen and oxygen atoms in total. The highest BCUT2D eigenvalue weighted by molar-refractivity contribution is 4.92. The fraction of sp³-hybridized carbons (Fsp3) is 1.00. The van der Waals surface area contributed by atoms with Gasteiger partial charge in [0, 0.05) is 39.9 Å². The smallest absolute Gasteiger partial charge is 0.0833 e. The molecular weight excluding hydrogens is 336 g/mol. The molecule has 0 bridgehead atoms. The van der Waals surface area contributed by atoms with Crippen LogP contribution in [0.4, 0.5) is 0 Å². The average molecular weight is 389 g/mol. The van der Waals surface area contributed by atoms with E-state index in [0.717, 1.165) is 26.3 Å². The average Bonchev–Trinajstić information content (AvgIpc) is 2.75. The summed E-state index contributed by atoms with van der Waals surface area (Å²) in [5.74, 6) is 0. The number of nitrogens with zero attached hydrogens (tertiary/aromatic N) is 2. The molecule has 0 aromatic carbocycles. The Hall–Kier alpha value is -0.160. The molecule has 0 aromatic rings. The third-order valence-electron chi connectivity index (χ3n) is 4.96. The quantitative estimate of drug-likeness (QED) is 0.516. The van der Waals surface area contributed by atoms with Gasteiger partial charge in [0.05, 0.1) is 12.2 Å². The van der Waals surface area contributed by atoms with Crippen LogP contribution in [0.1, 0.15) is 87.0 Å². The van der Waals surface area contributed by atoms with Gasteiger partial charge in [-0.25, -0.2) is 0 Å². The zero-order chi connectivity index (χ0) is 21.0. The highest BCUT2D eigenvalue weighted by Gasteiger charge is 2.39. The lowest BCUT2D eigenvalue weighted by molar-refractivity contribution is -0.135. The zero-order valence-corrected chi connectivity index (χ0v) is 20.1. The molecule has 0 N–H and O–H groups in total. The summed E-state index contributed by atoms with van der Waals surface area (Å²) in [5, 5.41) is 0. The molecular formula is C23H52N2O2. The second-order valence-electron chi connectivity index (χ2n) is 6.70. The van der Waals surface area contributed by atoms with Crippen LogP contribution < -0.4 is 0 Å². The lowest BCUT2D eigenvalue weighted by atomic mass is 9.89. The Kier molecular flexibility index (Phi) is 22.1. The fourth-order valence-electron chi connectivity index (χ4n) is 3.68. The van der Waals surface area contributed by atoms with E-state index in [4.69, 9.17) is 9.47 Å². The minimum Gasteiger partial charge on any atom is -0.385 e. The molecule has 2 saturated heterocycles. The molecule has 1 spiro atoms. The first-order valence-corrected chi connectivity index (χ1v) is 11.9. The summed E-state index contributed by atoms with van der Waals surface area (Å²) >= 11 is 0. The highest BCUT2D eigenvalue weighted by Crippen LogP contribution is 2.30. The minimum absolute atomic E-state index is 0.162. The van der Waals surface area contributed by atoms with Crippen molar-refractivity contribution in [3.63, 3.8) is 0 Å². The van der Waals surface area contributed by atoms with Crippen LogP contribution in [0.25, 0.3) is 0 Å². The van der Waals surface area contributed by atoms with Gasteiger partial charge < -0.3 is 14.4 Å². The van der Waals surface area contributed by atoms with E-state index in [1.165, 1.54) is 64.7 Å². The number of hydrogen-bond donors (Lipinski definition) is 0. The molecule has 27 heavy (non-hydrogen) atoms. The molecule has 0 aliphatic carbocycles. The van der Waals surface area contributed by atoms with Crippen LogP contribution in [-0.2, 0) is 9.47 Å². The summed E-state index contributed by atoms with van der Waals surface area (Å²) in [6.07, 6.45) is 7.46. The van der Waals surface area contributed by atoms with Crippen molar-refractivity contribution in [1.29, 1.82) is 0 Å². The summed E-state index contributed by atoms with van der Waals surface area (Å²) in [6, 6.07) is 0. The molecule has 0 radical (unpaired) electrons. The predicted molar refractivity (Wildman–Crippen MR) is 121 cm³/mol. The van der Waals surface area contributed by atoms with Crippen molar-refractivity contribution in [2.24, 2.45) is 0 Å². The molecule has 0 unspecified atom stereocenters. The van der Waals surface area contributed by atoms with E-state index in [9.17, 15) is 0 Å². The van der Waals surface area contributed by atoms with Gasteiger partial charge in [-0.3, -0.25) is 4.90 Å². The normalized spacial score (nSPS) is 19.1. The first-order valence-electron chi connectivity index (χ1n) is 11.9. The Morgan fingerprint density at radius 3 is 2.00 bits per heavy atom. The molecule has 2 fully saturated rings. The summed E-state index contributed by atoms with van der Waals surface area (Å²) in [6.45, 7) is 23.3. The van der Waals surface area contributed by atoms with E-state index in [-0.39, 0.29) is 5.60 Å². The van der Waals surface area contributed by atoms with Crippen molar-refractivity contribution < 1.29 is 9.47 Å². The lowest BCUT2D eigenvalue weighted by Gasteiger charge is -2.47. The monoisotopic (exact) mass is 388 g/mol. The van der Waals surface area contributed by atoms with Crippen molar-refractivity contribution >= 4 is 0 Å². The Labute approximate surface area is 172 Å². The molecule has 2 rings (SSSR count). The Balaban J connectivity index is 0. The summed E-state index contributed by atoms with van der Waals surface area (Å²) in [5.41, 5.74) is 0.162. The molecule has 2 aliphatic rings. The predicted octanol–water partition coefficient (Wildman–Crippen LogP) is 5.46. The third kappa shape index (κ3) is 12.8. The zero-order valence-electron chi connectivity index (χ0n) is 20.1. The largest absolute Gasteiger partial charge is 0.385 e. The highest BCUT2D eigenvalue weighted by atomic mass is 16.5. The van der Waals surface area contributed by atoms with Gasteiger partial charge in [0.2, 0.25) is 0 Å². The number of unbranched alkanes of at least 4 members (excludes halogenated alkanes) is 2. The molecule has 166 valence electrons. The van der Waals surface area contributed by atoms with Crippen LogP contribution in [0.15, 0.2) is 0 Å². The second-order valence-corrected chi connectivity index (χ2v) is 6.70. The minimum atomic E-state index is 0.162. The van der Waals surface area contributed by atoms with E-state index in [1.807, 2.05) is 41.5 Å². The number of likely N-dealkylation sites (tertiary alicyclic amines) is 1. The number of ether oxygens (including phenoxy) is 2. The van der Waals surface area contributed by atoms with Gasteiger partial charge in [-0.2, -0.15) is 0 Å². The van der Waals surface area contributed by atoms with Gasteiger partial charge in [0.25, 0.3) is 0 Å². The number of methoxy groups -OCH3 is 1. The van der Waals surface area contributed by atoms with Gasteiger partial charge in [-0.1, -0.05) is 48.5 Å². The fourth-order valence-corrected chi connectivity index (χ4v) is 3.68. The first kappa shape index (κ1) is 29.0. The van der Waals surface area contributed by atoms with E-state index in [0.29, 0.717) is 0 Å². The van der Waals surface area contributed by atoms with E-state index < -0.39 is 0 Å². The molecule has 0 saturated carbocycles. The maximum absolute atomic E-state index is 6.22. The SMILES string of the molecule is CC.CC.CC.CCCN1CCC2(CC1)CN(CCCCCOC)CCO2. The Morgan fingerprint density at radius 1 is 0.815 bits per heavy atom. The summed E-state index contributed by atoms with van der Waals surface area (Å²) in [7, 11) is 1.79. The number of rotatable bonds is 8. The van der Waals surface area contributed by atoms with Crippen molar-refractivity contribution in [3.05, 3.63) is 0 Å². The second kappa shape index (κ2) is 20.6. The van der Waals surface area contributed by atoms with E-state index in [1.54, 1.807) is 7.11 Å². The first-order chi connectivity index (χ1) is 13.3. The van der Waals surface area contributed by atoms with Gasteiger partial charge in [-0.15, -0.1) is 0 Å². The van der Waals surface area contributed by atoms with Crippen LogP contribution in [0.2, 0.25) is 0 Å². The topological polar surface area (TPSA) is 24.9 Å². The molecule has 2 heterocycles. The van der Waals surface area contributed by atoms with Crippen LogP contribution in [-0.4, -0.2) is 75.0 Å². The van der Waals surface area contributed by atoms with Crippen molar-refractivity contribution in [2.45, 2.75) is 92.6 Å². The number of morpholine rings is 1. The molecule has 0 aromatic heterocycles. The number of piperidine rings is 1. The molecule has 4 heteroatoms. The van der Waals surface area contributed by atoms with Gasteiger partial charge >= 0.3 is 0 Å². The van der Waals surface area contributed by atoms with E-state index >= 15 is 0 Å². The van der Waals surface area contributed by atoms with Crippen molar-refractivity contribution in [2.75, 3.05) is 59.6 Å². The van der Waals surface area contributed by atoms with Gasteiger partial charge in [0.1, 0.15) is 0 Å². The van der Waals surface area contributed by atoms with Crippen LogP contribution in [0.5, 0.6) is 0 Å². The maximum Gasteiger partial charge on any atom is 0.0833 e. The lowest BCUT2D eigenvalue weighted by Crippen LogP contribution is -2.57. The molecule has 0 amide bonds. The third-order valence-corrected chi connectivity index (χ3v) is 4.96. The molecule has 0 atom stereocenters. The maximum atomic E-state index is 6.22. The van der Waals surface area contributed by atoms with Gasteiger partial charge in [-0.05, 0) is 51.6 Å².